The molecule has 0 radical (unpaired) electrons. The van der Waals surface area contributed by atoms with Gasteiger partial charge < -0.3 is 15.4 Å². The van der Waals surface area contributed by atoms with Crippen LogP contribution in [0.2, 0.25) is 0 Å². The van der Waals surface area contributed by atoms with Crippen molar-refractivity contribution >= 4 is 23.2 Å². The van der Waals surface area contributed by atoms with Crippen molar-refractivity contribution in [2.75, 3.05) is 10.6 Å². The third-order valence-electron chi connectivity index (χ3n) is 5.30. The number of halogens is 1. The number of rotatable bonds is 7. The van der Waals surface area contributed by atoms with Crippen LogP contribution in [0.25, 0.3) is 11.1 Å². The predicted octanol–water partition coefficient (Wildman–Crippen LogP) is 7.07. The number of ether oxygens (including phenoxy) is 1. The average molecular weight is 477 g/mol. The molecule has 0 fully saturated rings. The van der Waals surface area contributed by atoms with Gasteiger partial charge in [-0.1, -0.05) is 36.4 Å². The van der Waals surface area contributed by atoms with Crippen LogP contribution in [0.5, 0.6) is 11.5 Å². The molecule has 0 saturated carbocycles. The normalized spacial score (nSPS) is 10.5. The number of hydrogen-bond donors (Lipinski definition) is 2. The van der Waals surface area contributed by atoms with Crippen LogP contribution in [0.1, 0.15) is 10.4 Å². The number of aromatic nitrogens is 2. The van der Waals surface area contributed by atoms with Crippen LogP contribution in [-0.2, 0) is 0 Å². The molecular weight excluding hydrogens is 455 g/mol. The Balaban J connectivity index is 1.21. The number of para-hydroxylation sites is 1. The minimum absolute atomic E-state index is 0.247. The van der Waals surface area contributed by atoms with Gasteiger partial charge >= 0.3 is 0 Å². The van der Waals surface area contributed by atoms with Gasteiger partial charge in [0.2, 0.25) is 5.95 Å². The van der Waals surface area contributed by atoms with Crippen molar-refractivity contribution in [2.24, 2.45) is 0 Å². The molecule has 0 bridgehead atoms. The molecule has 1 amide bonds. The predicted molar refractivity (Wildman–Crippen MR) is 138 cm³/mol. The second-order valence-electron chi connectivity index (χ2n) is 7.90. The summed E-state index contributed by atoms with van der Waals surface area (Å²) in [6.07, 6.45) is 3.31. The van der Waals surface area contributed by atoms with Crippen LogP contribution >= 0.6 is 0 Å². The molecule has 0 spiro atoms. The van der Waals surface area contributed by atoms with Gasteiger partial charge in [-0.05, 0) is 72.3 Å². The molecule has 4 aromatic carbocycles. The van der Waals surface area contributed by atoms with E-state index in [1.54, 1.807) is 67.0 Å². The van der Waals surface area contributed by atoms with Crippen molar-refractivity contribution in [1.29, 1.82) is 0 Å². The first-order valence-electron chi connectivity index (χ1n) is 11.2. The van der Waals surface area contributed by atoms with Crippen molar-refractivity contribution in [3.8, 4) is 22.6 Å². The van der Waals surface area contributed by atoms with Crippen molar-refractivity contribution < 1.29 is 13.9 Å². The monoisotopic (exact) mass is 476 g/mol. The molecule has 2 N–H and O–H groups in total. The third-order valence-corrected chi connectivity index (χ3v) is 5.30. The number of nitrogens with one attached hydrogen (secondary N) is 2. The summed E-state index contributed by atoms with van der Waals surface area (Å²) >= 11 is 0. The molecule has 36 heavy (non-hydrogen) atoms. The first kappa shape index (κ1) is 22.7. The maximum Gasteiger partial charge on any atom is 0.255 e. The number of carbonyl (C=O) groups is 1. The molecule has 6 nitrogen and oxygen atoms in total. The lowest BCUT2D eigenvalue weighted by Gasteiger charge is -2.10. The van der Waals surface area contributed by atoms with Gasteiger partial charge in [-0.3, -0.25) is 4.79 Å². The van der Waals surface area contributed by atoms with Crippen molar-refractivity contribution in [3.05, 3.63) is 127 Å². The Morgan fingerprint density at radius 3 is 2.11 bits per heavy atom. The highest BCUT2D eigenvalue weighted by Gasteiger charge is 2.09. The Morgan fingerprint density at radius 1 is 0.694 bits per heavy atom. The van der Waals surface area contributed by atoms with E-state index in [0.29, 0.717) is 28.6 Å². The SMILES string of the molecule is O=C(Nc1ccc(Oc2ccccc2)cc1)c1cccc(Nc2ncc(-c3ccc(F)cc3)cn2)c1. The maximum atomic E-state index is 13.1. The molecule has 176 valence electrons. The molecule has 5 rings (SSSR count). The van der Waals surface area contributed by atoms with Gasteiger partial charge in [-0.25, -0.2) is 14.4 Å². The molecule has 1 aromatic heterocycles. The molecule has 0 aliphatic rings. The molecule has 0 aliphatic heterocycles. The summed E-state index contributed by atoms with van der Waals surface area (Å²) in [5.74, 6) is 1.26. The second-order valence-corrected chi connectivity index (χ2v) is 7.90. The summed E-state index contributed by atoms with van der Waals surface area (Å²) in [6.45, 7) is 0. The zero-order valence-corrected chi connectivity index (χ0v) is 19.1. The molecule has 5 aromatic rings. The largest absolute Gasteiger partial charge is 0.457 e. The van der Waals surface area contributed by atoms with E-state index in [1.807, 2.05) is 36.4 Å². The molecule has 1 heterocycles. The Morgan fingerprint density at radius 2 is 1.39 bits per heavy atom. The van der Waals surface area contributed by atoms with E-state index < -0.39 is 0 Å². The van der Waals surface area contributed by atoms with Gasteiger partial charge in [-0.15, -0.1) is 0 Å². The summed E-state index contributed by atoms with van der Waals surface area (Å²) in [4.78, 5) is 21.4. The lowest BCUT2D eigenvalue weighted by atomic mass is 10.1. The Kier molecular flexibility index (Phi) is 6.62. The molecular formula is C29H21FN4O2. The quantitative estimate of drug-likeness (QED) is 0.263. The minimum Gasteiger partial charge on any atom is -0.457 e. The lowest BCUT2D eigenvalue weighted by molar-refractivity contribution is 0.102. The van der Waals surface area contributed by atoms with Crippen LogP contribution < -0.4 is 15.4 Å². The third kappa shape index (κ3) is 5.71. The number of benzene rings is 4. The highest BCUT2D eigenvalue weighted by Crippen LogP contribution is 2.24. The van der Waals surface area contributed by atoms with Crippen LogP contribution in [0.15, 0.2) is 116 Å². The maximum absolute atomic E-state index is 13.1. The van der Waals surface area contributed by atoms with E-state index in [-0.39, 0.29) is 11.7 Å². The van der Waals surface area contributed by atoms with Crippen molar-refractivity contribution in [3.63, 3.8) is 0 Å². The van der Waals surface area contributed by atoms with Gasteiger partial charge in [0.1, 0.15) is 17.3 Å². The summed E-state index contributed by atoms with van der Waals surface area (Å²) in [5.41, 5.74) is 3.39. The van der Waals surface area contributed by atoms with Gasteiger partial charge in [0.05, 0.1) is 0 Å². The number of amides is 1. The highest BCUT2D eigenvalue weighted by molar-refractivity contribution is 6.04. The second kappa shape index (κ2) is 10.5. The number of carbonyl (C=O) groups excluding carboxylic acids is 1. The Bertz CT molecular complexity index is 1460. The Hall–Kier alpha value is -5.04. The molecule has 0 unspecified atom stereocenters. The van der Waals surface area contributed by atoms with E-state index in [9.17, 15) is 9.18 Å². The lowest BCUT2D eigenvalue weighted by Crippen LogP contribution is -2.12. The fourth-order valence-electron chi connectivity index (χ4n) is 3.49. The van der Waals surface area contributed by atoms with Crippen LogP contribution in [-0.4, -0.2) is 15.9 Å². The highest BCUT2D eigenvalue weighted by atomic mass is 19.1. The smallest absolute Gasteiger partial charge is 0.255 e. The zero-order chi connectivity index (χ0) is 24.7. The van der Waals surface area contributed by atoms with Gasteiger partial charge in [0.15, 0.2) is 0 Å². The van der Waals surface area contributed by atoms with E-state index in [4.69, 9.17) is 4.74 Å². The van der Waals surface area contributed by atoms with E-state index in [1.165, 1.54) is 12.1 Å². The van der Waals surface area contributed by atoms with Crippen molar-refractivity contribution in [1.82, 2.24) is 9.97 Å². The van der Waals surface area contributed by atoms with E-state index in [2.05, 4.69) is 20.6 Å². The molecule has 7 heteroatoms. The average Bonchev–Trinajstić information content (AvgIpc) is 2.91. The first-order valence-corrected chi connectivity index (χ1v) is 11.2. The fraction of sp³-hybridized carbons (Fsp3) is 0. The van der Waals surface area contributed by atoms with Crippen LogP contribution in [0, 0.1) is 5.82 Å². The fourth-order valence-corrected chi connectivity index (χ4v) is 3.49. The number of hydrogen-bond acceptors (Lipinski definition) is 5. The standard InChI is InChI=1S/C29H21FN4O2/c30-23-11-9-20(10-12-23)22-18-31-29(32-19-22)34-25-6-4-5-21(17-25)28(35)33-24-13-15-27(16-14-24)36-26-7-2-1-3-8-26/h1-19H,(H,33,35)(H,31,32,34). The molecule has 0 aliphatic carbocycles. The number of anilines is 3. The minimum atomic E-state index is -0.295. The summed E-state index contributed by atoms with van der Waals surface area (Å²) < 4.78 is 18.9. The van der Waals surface area contributed by atoms with Crippen LogP contribution in [0.3, 0.4) is 0 Å². The van der Waals surface area contributed by atoms with Crippen molar-refractivity contribution in [2.45, 2.75) is 0 Å². The van der Waals surface area contributed by atoms with E-state index in [0.717, 1.165) is 16.9 Å². The Labute approximate surface area is 207 Å². The van der Waals surface area contributed by atoms with E-state index >= 15 is 0 Å². The van der Waals surface area contributed by atoms with Crippen LogP contribution in [0.4, 0.5) is 21.7 Å². The molecule has 0 atom stereocenters. The summed E-state index contributed by atoms with van der Waals surface area (Å²) in [6, 6.07) is 29.8. The molecule has 0 saturated heterocycles. The van der Waals surface area contributed by atoms with Gasteiger partial charge in [0.25, 0.3) is 5.91 Å². The topological polar surface area (TPSA) is 76.1 Å². The van der Waals surface area contributed by atoms with Gasteiger partial charge in [-0.2, -0.15) is 0 Å². The summed E-state index contributed by atoms with van der Waals surface area (Å²) in [5, 5.41) is 5.99. The summed E-state index contributed by atoms with van der Waals surface area (Å²) in [7, 11) is 0. The first-order chi connectivity index (χ1) is 17.6. The zero-order valence-electron chi connectivity index (χ0n) is 19.1. The number of nitrogens with zero attached hydrogens (tertiary/aromatic N) is 2. The van der Waals surface area contributed by atoms with Gasteiger partial charge in [0, 0.05) is 34.9 Å².